The van der Waals surface area contributed by atoms with Gasteiger partial charge >= 0.3 is 12.4 Å². The highest BCUT2D eigenvalue weighted by Gasteiger charge is 2.41. The van der Waals surface area contributed by atoms with E-state index in [9.17, 15) is 31.1 Å². The van der Waals surface area contributed by atoms with Crippen LogP contribution in [0.3, 0.4) is 0 Å². The van der Waals surface area contributed by atoms with Crippen LogP contribution in [0.4, 0.5) is 37.8 Å². The Balaban J connectivity index is 1.82. The van der Waals surface area contributed by atoms with Gasteiger partial charge in [0.2, 0.25) is 5.91 Å². The summed E-state index contributed by atoms with van der Waals surface area (Å²) in [5.41, 5.74) is -2.57. The molecule has 3 aromatic rings. The summed E-state index contributed by atoms with van der Waals surface area (Å²) in [5, 5.41) is 0. The first-order chi connectivity index (χ1) is 20.0. The molecule has 1 amide bonds. The highest BCUT2D eigenvalue weighted by Crippen LogP contribution is 2.41. The molecule has 2 aromatic carbocycles. The fraction of sp³-hybridized carbons (Fsp3) is 0.419. The van der Waals surface area contributed by atoms with Crippen molar-refractivity contribution in [3.8, 4) is 11.1 Å². The fourth-order valence-corrected chi connectivity index (χ4v) is 5.16. The largest absolute Gasteiger partial charge is 0.416 e. The number of rotatable bonds is 7. The minimum absolute atomic E-state index is 0.0552. The number of ether oxygens (including phenoxy) is 1. The molecule has 12 heteroatoms. The summed E-state index contributed by atoms with van der Waals surface area (Å²) in [6.07, 6.45) is -8.56. The molecule has 232 valence electrons. The van der Waals surface area contributed by atoms with Crippen LogP contribution in [-0.4, -0.2) is 63.2 Å². The van der Waals surface area contributed by atoms with Gasteiger partial charge in [-0.3, -0.25) is 4.79 Å². The summed E-state index contributed by atoms with van der Waals surface area (Å²) in [5.74, 6) is -0.0218. The topological polar surface area (TPSA) is 48.9 Å². The smallest absolute Gasteiger partial charge is 0.380 e. The number of nitrogens with zero attached hydrogens (tertiary/aromatic N) is 4. The van der Waals surface area contributed by atoms with Crippen LogP contribution in [0.2, 0.25) is 0 Å². The molecule has 0 aliphatic carbocycles. The Bertz CT molecular complexity index is 1430. The lowest BCUT2D eigenvalue weighted by Crippen LogP contribution is -2.45. The van der Waals surface area contributed by atoms with E-state index in [1.807, 2.05) is 37.4 Å². The van der Waals surface area contributed by atoms with Gasteiger partial charge in [-0.05, 0) is 61.9 Å². The van der Waals surface area contributed by atoms with Crippen LogP contribution in [-0.2, 0) is 33.9 Å². The summed E-state index contributed by atoms with van der Waals surface area (Å²) in [6, 6.07) is 10.6. The zero-order chi connectivity index (χ0) is 31.7. The molecular formula is C31H34F6N4O2. The Labute approximate surface area is 246 Å². The Morgan fingerprint density at radius 3 is 2.00 bits per heavy atom. The van der Waals surface area contributed by atoms with Gasteiger partial charge in [0.1, 0.15) is 5.82 Å². The minimum Gasteiger partial charge on any atom is -0.380 e. The van der Waals surface area contributed by atoms with Gasteiger partial charge in [-0.2, -0.15) is 26.3 Å². The second kappa shape index (κ2) is 12.2. The predicted molar refractivity (Wildman–Crippen MR) is 153 cm³/mol. The number of anilines is 2. The standard InChI is InChI=1S/C31H34F6N4O2/c1-29(2,21-14-22(30(32,33)34)16-23(15-21)31(35,36)37)28(42)40(4)26-18-38-27(41-12-10-39(3)11-13-41)17-25(26)24-9-7-6-8-20(24)19-43-5/h6-9,14-18H,10-13,19H2,1-5H3. The highest BCUT2D eigenvalue weighted by molar-refractivity contribution is 6.03. The molecule has 0 saturated carbocycles. The van der Waals surface area contributed by atoms with E-state index < -0.39 is 40.4 Å². The van der Waals surface area contributed by atoms with Crippen LogP contribution in [0.5, 0.6) is 0 Å². The number of carbonyl (C=O) groups is 1. The van der Waals surface area contributed by atoms with Crippen LogP contribution >= 0.6 is 0 Å². The van der Waals surface area contributed by atoms with Crippen molar-refractivity contribution in [2.75, 3.05) is 57.2 Å². The van der Waals surface area contributed by atoms with E-state index in [-0.39, 0.29) is 12.7 Å². The zero-order valence-electron chi connectivity index (χ0n) is 24.6. The number of pyridine rings is 1. The molecule has 1 aliphatic rings. The molecule has 0 radical (unpaired) electrons. The van der Waals surface area contributed by atoms with Crippen molar-refractivity contribution in [1.82, 2.24) is 9.88 Å². The number of amides is 1. The number of hydrogen-bond acceptors (Lipinski definition) is 5. The molecule has 1 aliphatic heterocycles. The SMILES string of the molecule is COCc1ccccc1-c1cc(N2CCN(C)CC2)ncc1N(C)C(=O)C(C)(C)c1cc(C(F)(F)F)cc(C(F)(F)F)c1. The minimum atomic E-state index is -5.04. The first kappa shape index (κ1) is 32.3. The van der Waals surface area contributed by atoms with Crippen molar-refractivity contribution in [2.45, 2.75) is 38.2 Å². The number of piperazine rings is 1. The van der Waals surface area contributed by atoms with Gasteiger partial charge in [0.15, 0.2) is 0 Å². The second-order valence-electron chi connectivity index (χ2n) is 11.2. The number of carbonyl (C=O) groups excluding carboxylic acids is 1. The van der Waals surface area contributed by atoms with Crippen molar-refractivity contribution < 1.29 is 35.9 Å². The normalized spacial score (nSPS) is 15.1. The maximum absolute atomic E-state index is 14.0. The fourth-order valence-electron chi connectivity index (χ4n) is 5.16. The Hall–Kier alpha value is -3.64. The summed E-state index contributed by atoms with van der Waals surface area (Å²) in [6.45, 7) is 6.04. The average Bonchev–Trinajstić information content (AvgIpc) is 2.96. The van der Waals surface area contributed by atoms with E-state index in [0.29, 0.717) is 29.2 Å². The summed E-state index contributed by atoms with van der Waals surface area (Å²) < 4.78 is 87.1. The maximum atomic E-state index is 14.0. The molecule has 1 saturated heterocycles. The molecule has 0 N–H and O–H groups in total. The first-order valence-corrected chi connectivity index (χ1v) is 13.6. The summed E-state index contributed by atoms with van der Waals surface area (Å²) in [7, 11) is 5.03. The molecule has 43 heavy (non-hydrogen) atoms. The van der Waals surface area contributed by atoms with Crippen LogP contribution < -0.4 is 9.80 Å². The first-order valence-electron chi connectivity index (χ1n) is 13.6. The molecule has 1 fully saturated rings. The Morgan fingerprint density at radius 2 is 1.44 bits per heavy atom. The van der Waals surface area contributed by atoms with Crippen molar-refractivity contribution in [2.24, 2.45) is 0 Å². The summed E-state index contributed by atoms with van der Waals surface area (Å²) in [4.78, 5) is 24.2. The summed E-state index contributed by atoms with van der Waals surface area (Å²) >= 11 is 0. The van der Waals surface area contributed by atoms with E-state index >= 15 is 0 Å². The van der Waals surface area contributed by atoms with Crippen LogP contribution in [0.15, 0.2) is 54.7 Å². The number of benzene rings is 2. The lowest BCUT2D eigenvalue weighted by atomic mass is 9.81. The zero-order valence-corrected chi connectivity index (χ0v) is 24.6. The Morgan fingerprint density at radius 1 is 0.884 bits per heavy atom. The molecule has 0 atom stereocenters. The van der Waals surface area contributed by atoms with Gasteiger partial charge in [-0.15, -0.1) is 0 Å². The molecule has 6 nitrogen and oxygen atoms in total. The number of hydrogen-bond donors (Lipinski definition) is 0. The van der Waals surface area contributed by atoms with E-state index in [2.05, 4.69) is 14.8 Å². The van der Waals surface area contributed by atoms with E-state index in [1.165, 1.54) is 32.0 Å². The molecule has 1 aromatic heterocycles. The maximum Gasteiger partial charge on any atom is 0.416 e. The predicted octanol–water partition coefficient (Wildman–Crippen LogP) is 6.63. The number of methoxy groups -OCH3 is 1. The van der Waals surface area contributed by atoms with Crippen molar-refractivity contribution in [3.63, 3.8) is 0 Å². The third-order valence-corrected chi connectivity index (χ3v) is 7.81. The van der Waals surface area contributed by atoms with E-state index in [0.717, 1.165) is 37.3 Å². The lowest BCUT2D eigenvalue weighted by Gasteiger charge is -2.35. The highest BCUT2D eigenvalue weighted by atomic mass is 19.4. The van der Waals surface area contributed by atoms with Gasteiger partial charge in [0, 0.05) is 45.9 Å². The van der Waals surface area contributed by atoms with E-state index in [4.69, 9.17) is 4.74 Å². The van der Waals surface area contributed by atoms with Crippen LogP contribution in [0, 0.1) is 0 Å². The monoisotopic (exact) mass is 608 g/mol. The molecular weight excluding hydrogens is 574 g/mol. The number of aromatic nitrogens is 1. The molecule has 0 unspecified atom stereocenters. The third kappa shape index (κ3) is 6.96. The van der Waals surface area contributed by atoms with Gasteiger partial charge in [-0.25, -0.2) is 4.98 Å². The number of halogens is 6. The Kier molecular flexibility index (Phi) is 9.13. The molecule has 0 spiro atoms. The van der Waals surface area contributed by atoms with Crippen molar-refractivity contribution in [3.05, 3.63) is 77.0 Å². The molecule has 2 heterocycles. The molecule has 0 bridgehead atoms. The van der Waals surface area contributed by atoms with Gasteiger partial charge in [0.05, 0.1) is 35.0 Å². The quantitative estimate of drug-likeness (QED) is 0.282. The lowest BCUT2D eigenvalue weighted by molar-refractivity contribution is -0.143. The second-order valence-corrected chi connectivity index (χ2v) is 11.2. The van der Waals surface area contributed by atoms with Crippen molar-refractivity contribution in [1.29, 1.82) is 0 Å². The number of likely N-dealkylation sites (N-methyl/N-ethyl adjacent to an activating group) is 2. The van der Waals surface area contributed by atoms with Gasteiger partial charge in [0.25, 0.3) is 0 Å². The van der Waals surface area contributed by atoms with Crippen LogP contribution in [0.25, 0.3) is 11.1 Å². The van der Waals surface area contributed by atoms with E-state index in [1.54, 1.807) is 7.11 Å². The third-order valence-electron chi connectivity index (χ3n) is 7.81. The number of alkyl halides is 6. The van der Waals surface area contributed by atoms with Gasteiger partial charge in [-0.1, -0.05) is 24.3 Å². The molecule has 4 rings (SSSR count). The van der Waals surface area contributed by atoms with Gasteiger partial charge < -0.3 is 19.4 Å². The average molecular weight is 609 g/mol. The van der Waals surface area contributed by atoms with Crippen LogP contribution in [0.1, 0.15) is 36.1 Å². The van der Waals surface area contributed by atoms with Crippen molar-refractivity contribution >= 4 is 17.4 Å².